The smallest absolute Gasteiger partial charge is 0.251 e. The number of benzene rings is 1. The second-order valence-electron chi connectivity index (χ2n) is 7.52. The summed E-state index contributed by atoms with van der Waals surface area (Å²) in [4.78, 5) is 26.9. The van der Waals surface area contributed by atoms with Crippen molar-refractivity contribution >= 4 is 24.2 Å². The Morgan fingerprint density at radius 2 is 1.77 bits per heavy atom. The Kier molecular flexibility index (Phi) is 10.5. The Morgan fingerprint density at radius 3 is 2.27 bits per heavy atom. The first-order valence-corrected chi connectivity index (χ1v) is 9.01. The molecular formula is C20H34ClN3O2. The number of rotatable bonds is 8. The number of amides is 2. The minimum absolute atomic E-state index is 0. The highest BCUT2D eigenvalue weighted by molar-refractivity contribution is 5.97. The van der Waals surface area contributed by atoms with Crippen molar-refractivity contribution in [3.05, 3.63) is 35.4 Å². The molecule has 0 bridgehead atoms. The van der Waals surface area contributed by atoms with E-state index in [1.807, 2.05) is 39.0 Å². The molecule has 2 atom stereocenters. The van der Waals surface area contributed by atoms with Crippen molar-refractivity contribution in [2.45, 2.75) is 53.1 Å². The van der Waals surface area contributed by atoms with Gasteiger partial charge in [-0.1, -0.05) is 45.4 Å². The second-order valence-corrected chi connectivity index (χ2v) is 7.52. The zero-order valence-electron chi connectivity index (χ0n) is 16.8. The summed E-state index contributed by atoms with van der Waals surface area (Å²) in [6, 6.07) is 6.88. The van der Waals surface area contributed by atoms with Gasteiger partial charge in [0, 0.05) is 25.2 Å². The van der Waals surface area contributed by atoms with Crippen molar-refractivity contribution in [2.24, 2.45) is 17.6 Å². The van der Waals surface area contributed by atoms with Crippen molar-refractivity contribution in [2.75, 3.05) is 13.6 Å². The number of likely N-dealkylation sites (N-methyl/N-ethyl adjacent to an activating group) is 1. The molecule has 1 aromatic rings. The zero-order chi connectivity index (χ0) is 19.1. The van der Waals surface area contributed by atoms with Gasteiger partial charge in [-0.3, -0.25) is 9.59 Å². The molecule has 148 valence electrons. The quantitative estimate of drug-likeness (QED) is 0.724. The van der Waals surface area contributed by atoms with E-state index in [1.165, 1.54) is 0 Å². The van der Waals surface area contributed by atoms with Gasteiger partial charge in [-0.05, 0) is 37.3 Å². The highest BCUT2D eigenvalue weighted by Crippen LogP contribution is 2.10. The highest BCUT2D eigenvalue weighted by Gasteiger charge is 2.27. The molecule has 0 saturated heterocycles. The molecule has 0 fully saturated rings. The Hall–Kier alpha value is -1.59. The van der Waals surface area contributed by atoms with Gasteiger partial charge in [0.05, 0.1) is 0 Å². The maximum atomic E-state index is 12.8. The third kappa shape index (κ3) is 7.34. The summed E-state index contributed by atoms with van der Waals surface area (Å²) in [6.07, 6.45) is 0.747. The molecule has 1 rings (SSSR count). The Labute approximate surface area is 164 Å². The molecule has 0 heterocycles. The molecular weight excluding hydrogens is 350 g/mol. The van der Waals surface area contributed by atoms with Gasteiger partial charge in [-0.15, -0.1) is 12.4 Å². The number of aryl methyl sites for hydroxylation is 1. The molecule has 3 N–H and O–H groups in total. The maximum Gasteiger partial charge on any atom is 0.251 e. The molecule has 1 aromatic carbocycles. The monoisotopic (exact) mass is 383 g/mol. The van der Waals surface area contributed by atoms with Crippen LogP contribution < -0.4 is 11.1 Å². The first kappa shape index (κ1) is 24.4. The molecule has 0 aliphatic rings. The van der Waals surface area contributed by atoms with E-state index in [0.717, 1.165) is 12.0 Å². The fraction of sp³-hybridized carbons (Fsp3) is 0.600. The first-order valence-electron chi connectivity index (χ1n) is 9.01. The van der Waals surface area contributed by atoms with E-state index < -0.39 is 6.04 Å². The topological polar surface area (TPSA) is 75.4 Å². The highest BCUT2D eigenvalue weighted by atomic mass is 35.5. The minimum atomic E-state index is -0.548. The average molecular weight is 384 g/mol. The molecule has 0 aromatic heterocycles. The molecule has 6 heteroatoms. The summed E-state index contributed by atoms with van der Waals surface area (Å²) in [6.45, 7) is 10.5. The van der Waals surface area contributed by atoms with Gasteiger partial charge in [0.1, 0.15) is 6.04 Å². The van der Waals surface area contributed by atoms with E-state index in [9.17, 15) is 9.59 Å². The number of carbonyl (C=O) groups excluding carboxylic acids is 2. The molecule has 2 amide bonds. The molecule has 0 aliphatic heterocycles. The standard InChI is InChI=1S/C20H33N3O2.ClH/c1-13(2)17(21)10-11-23(6)20(25)18(14(3)4)22-19(24)16-9-7-8-15(5)12-16;/h7-9,12-14,17-18H,10-11,21H2,1-6H3,(H,22,24);1H. The average Bonchev–Trinajstić information content (AvgIpc) is 2.55. The van der Waals surface area contributed by atoms with Gasteiger partial charge in [0.15, 0.2) is 0 Å². The summed E-state index contributed by atoms with van der Waals surface area (Å²) < 4.78 is 0. The summed E-state index contributed by atoms with van der Waals surface area (Å²) in [7, 11) is 1.77. The largest absolute Gasteiger partial charge is 0.344 e. The zero-order valence-corrected chi connectivity index (χ0v) is 17.6. The van der Waals surface area contributed by atoms with Gasteiger partial charge in [-0.2, -0.15) is 0 Å². The van der Waals surface area contributed by atoms with E-state index in [2.05, 4.69) is 19.2 Å². The summed E-state index contributed by atoms with van der Waals surface area (Å²) in [5, 5.41) is 2.89. The Morgan fingerprint density at radius 1 is 1.15 bits per heavy atom. The molecule has 0 aliphatic carbocycles. The molecule has 0 spiro atoms. The van der Waals surface area contributed by atoms with Gasteiger partial charge in [0.25, 0.3) is 5.91 Å². The van der Waals surface area contributed by atoms with E-state index in [-0.39, 0.29) is 36.2 Å². The lowest BCUT2D eigenvalue weighted by molar-refractivity contribution is -0.133. The minimum Gasteiger partial charge on any atom is -0.344 e. The van der Waals surface area contributed by atoms with Crippen molar-refractivity contribution in [1.29, 1.82) is 0 Å². The van der Waals surface area contributed by atoms with E-state index >= 15 is 0 Å². The van der Waals surface area contributed by atoms with Crippen molar-refractivity contribution < 1.29 is 9.59 Å². The molecule has 26 heavy (non-hydrogen) atoms. The van der Waals surface area contributed by atoms with Gasteiger partial charge < -0.3 is 16.0 Å². The van der Waals surface area contributed by atoms with Gasteiger partial charge >= 0.3 is 0 Å². The lowest BCUT2D eigenvalue weighted by atomic mass is 10.00. The summed E-state index contributed by atoms with van der Waals surface area (Å²) in [5.74, 6) is 0.0860. The van der Waals surface area contributed by atoms with Crippen LogP contribution in [0.2, 0.25) is 0 Å². The number of hydrogen-bond donors (Lipinski definition) is 2. The van der Waals surface area contributed by atoms with Crippen LogP contribution in [0.1, 0.15) is 50.0 Å². The maximum absolute atomic E-state index is 12.8. The Balaban J connectivity index is 0.00000625. The van der Waals surface area contributed by atoms with E-state index in [4.69, 9.17) is 5.73 Å². The van der Waals surface area contributed by atoms with Crippen molar-refractivity contribution in [1.82, 2.24) is 10.2 Å². The Bertz CT molecular complexity index is 590. The lowest BCUT2D eigenvalue weighted by Crippen LogP contribution is -2.50. The van der Waals surface area contributed by atoms with E-state index in [1.54, 1.807) is 18.0 Å². The van der Waals surface area contributed by atoms with Crippen LogP contribution in [0, 0.1) is 18.8 Å². The summed E-state index contributed by atoms with van der Waals surface area (Å²) in [5.41, 5.74) is 7.65. The van der Waals surface area contributed by atoms with Crippen LogP contribution in [0.5, 0.6) is 0 Å². The van der Waals surface area contributed by atoms with Crippen LogP contribution in [0.15, 0.2) is 24.3 Å². The van der Waals surface area contributed by atoms with Crippen LogP contribution in [0.25, 0.3) is 0 Å². The predicted molar refractivity (Wildman–Crippen MR) is 110 cm³/mol. The van der Waals surface area contributed by atoms with Gasteiger partial charge in [0.2, 0.25) is 5.91 Å². The van der Waals surface area contributed by atoms with Crippen molar-refractivity contribution in [3.63, 3.8) is 0 Å². The number of nitrogens with one attached hydrogen (secondary N) is 1. The van der Waals surface area contributed by atoms with Crippen LogP contribution in [0.4, 0.5) is 0 Å². The van der Waals surface area contributed by atoms with Crippen molar-refractivity contribution in [3.8, 4) is 0 Å². The number of carbonyl (C=O) groups is 2. The lowest BCUT2D eigenvalue weighted by Gasteiger charge is -2.28. The third-order valence-corrected chi connectivity index (χ3v) is 4.53. The van der Waals surface area contributed by atoms with Crippen LogP contribution in [-0.2, 0) is 4.79 Å². The fourth-order valence-electron chi connectivity index (χ4n) is 2.55. The number of halogens is 1. The summed E-state index contributed by atoms with van der Waals surface area (Å²) >= 11 is 0. The molecule has 5 nitrogen and oxygen atoms in total. The fourth-order valence-corrected chi connectivity index (χ4v) is 2.55. The number of hydrogen-bond acceptors (Lipinski definition) is 3. The SMILES string of the molecule is Cc1cccc(C(=O)NC(C(=O)N(C)CCC(N)C(C)C)C(C)C)c1.Cl. The van der Waals surface area contributed by atoms with Crippen LogP contribution in [0.3, 0.4) is 0 Å². The first-order chi connectivity index (χ1) is 11.6. The second kappa shape index (κ2) is 11.2. The number of nitrogens with two attached hydrogens (primary N) is 1. The normalized spacial score (nSPS) is 13.1. The predicted octanol–water partition coefficient (Wildman–Crippen LogP) is 3.00. The van der Waals surface area contributed by atoms with Crippen LogP contribution in [-0.4, -0.2) is 42.4 Å². The third-order valence-electron chi connectivity index (χ3n) is 4.53. The van der Waals surface area contributed by atoms with E-state index in [0.29, 0.717) is 18.0 Å². The molecule has 0 radical (unpaired) electrons. The van der Waals surface area contributed by atoms with Gasteiger partial charge in [-0.25, -0.2) is 0 Å². The van der Waals surface area contributed by atoms with Crippen LogP contribution >= 0.6 is 12.4 Å². The number of nitrogens with zero attached hydrogens (tertiary/aromatic N) is 1. The molecule has 0 saturated carbocycles. The molecule has 2 unspecified atom stereocenters.